The number of benzene rings is 2. The Morgan fingerprint density at radius 2 is 1.87 bits per heavy atom. The lowest BCUT2D eigenvalue weighted by atomic mass is 9.99. The summed E-state index contributed by atoms with van der Waals surface area (Å²) >= 11 is 0. The molecule has 4 nitrogen and oxygen atoms in total. The lowest BCUT2D eigenvalue weighted by molar-refractivity contribution is -0.148. The van der Waals surface area contributed by atoms with Gasteiger partial charge in [0, 0.05) is 23.1 Å². The summed E-state index contributed by atoms with van der Waals surface area (Å²) in [7, 11) is 0. The minimum absolute atomic E-state index is 0.235. The number of esters is 1. The van der Waals surface area contributed by atoms with E-state index in [1.165, 1.54) is 10.9 Å². The van der Waals surface area contributed by atoms with Gasteiger partial charge in [0.2, 0.25) is 0 Å². The number of carbonyl (C=O) groups is 1. The molecule has 0 bridgehead atoms. The molecule has 2 heterocycles. The summed E-state index contributed by atoms with van der Waals surface area (Å²) in [6.07, 6.45) is 0.918. The van der Waals surface area contributed by atoms with Gasteiger partial charge in [-0.3, -0.25) is 5.32 Å². The number of hydrogen-bond acceptors (Lipinski definition) is 3. The number of hydrogen-bond donors (Lipinski definition) is 2. The highest BCUT2D eigenvalue weighted by Gasteiger charge is 2.30. The molecule has 1 aromatic heterocycles. The van der Waals surface area contributed by atoms with E-state index in [-0.39, 0.29) is 5.97 Å². The van der Waals surface area contributed by atoms with E-state index in [9.17, 15) is 4.79 Å². The van der Waals surface area contributed by atoms with Gasteiger partial charge in [-0.05, 0) is 23.6 Å². The maximum Gasteiger partial charge on any atom is 0.329 e. The molecule has 2 aromatic carbocycles. The summed E-state index contributed by atoms with van der Waals surface area (Å²) in [4.78, 5) is 15.9. The van der Waals surface area contributed by atoms with Crippen molar-refractivity contribution in [1.29, 1.82) is 0 Å². The van der Waals surface area contributed by atoms with Crippen LogP contribution in [-0.2, 0) is 22.6 Å². The van der Waals surface area contributed by atoms with Gasteiger partial charge in [-0.15, -0.1) is 0 Å². The first-order valence-electron chi connectivity index (χ1n) is 7.86. The molecule has 0 saturated carbocycles. The molecule has 1 unspecified atom stereocenters. The van der Waals surface area contributed by atoms with Crippen molar-refractivity contribution in [3.05, 3.63) is 71.4 Å². The van der Waals surface area contributed by atoms with E-state index in [4.69, 9.17) is 4.74 Å². The van der Waals surface area contributed by atoms with E-state index in [1.54, 1.807) is 0 Å². The van der Waals surface area contributed by atoms with E-state index in [2.05, 4.69) is 16.4 Å². The highest BCUT2D eigenvalue weighted by molar-refractivity contribution is 5.88. The number of ether oxygens (including phenoxy) is 1. The number of aromatic nitrogens is 1. The van der Waals surface area contributed by atoms with Gasteiger partial charge in [0.15, 0.2) is 0 Å². The van der Waals surface area contributed by atoms with Crippen molar-refractivity contribution in [3.63, 3.8) is 0 Å². The molecule has 0 saturated heterocycles. The monoisotopic (exact) mass is 306 g/mol. The van der Waals surface area contributed by atoms with Gasteiger partial charge < -0.3 is 9.72 Å². The van der Waals surface area contributed by atoms with Crippen LogP contribution in [0, 0.1) is 0 Å². The lowest BCUT2D eigenvalue weighted by Gasteiger charge is -2.22. The Bertz CT molecular complexity index is 839. The zero-order valence-corrected chi connectivity index (χ0v) is 12.7. The van der Waals surface area contributed by atoms with Gasteiger partial charge in [0.25, 0.3) is 0 Å². The quantitative estimate of drug-likeness (QED) is 0.731. The molecule has 0 radical (unpaired) electrons. The Hall–Kier alpha value is -2.59. The summed E-state index contributed by atoms with van der Waals surface area (Å²) in [6, 6.07) is 17.5. The van der Waals surface area contributed by atoms with E-state index in [1.807, 2.05) is 48.5 Å². The van der Waals surface area contributed by atoms with Gasteiger partial charge in [-0.1, -0.05) is 48.5 Å². The van der Waals surface area contributed by atoms with Gasteiger partial charge in [-0.25, -0.2) is 4.79 Å². The Morgan fingerprint density at radius 3 is 2.74 bits per heavy atom. The molecule has 0 amide bonds. The summed E-state index contributed by atoms with van der Waals surface area (Å²) in [5.74, 6) is -0.235. The van der Waals surface area contributed by atoms with E-state index < -0.39 is 6.04 Å². The maximum atomic E-state index is 12.5. The zero-order chi connectivity index (χ0) is 15.6. The van der Waals surface area contributed by atoms with Gasteiger partial charge in [-0.2, -0.15) is 0 Å². The van der Waals surface area contributed by atoms with Crippen LogP contribution in [0.1, 0.15) is 22.9 Å². The molecule has 2 N–H and O–H groups in total. The number of nitrogens with one attached hydrogen (secondary N) is 2. The summed E-state index contributed by atoms with van der Waals surface area (Å²) < 4.78 is 5.50. The lowest BCUT2D eigenvalue weighted by Crippen LogP contribution is -2.36. The molecular weight excluding hydrogens is 288 g/mol. The largest absolute Gasteiger partial charge is 0.459 e. The third-order valence-electron chi connectivity index (χ3n) is 4.32. The summed E-state index contributed by atoms with van der Waals surface area (Å²) in [5, 5.41) is 4.47. The first-order chi connectivity index (χ1) is 11.3. The van der Waals surface area contributed by atoms with Crippen molar-refractivity contribution in [3.8, 4) is 0 Å². The molecule has 0 spiro atoms. The Labute approximate surface area is 134 Å². The minimum atomic E-state index is -0.421. The molecule has 23 heavy (non-hydrogen) atoms. The fourth-order valence-corrected chi connectivity index (χ4v) is 3.19. The predicted octanol–water partition coefficient (Wildman–Crippen LogP) is 3.10. The SMILES string of the molecule is O=C(OCc1ccccc1)C1NCCc2c1[nH]c1ccccc21. The van der Waals surface area contributed by atoms with Crippen molar-refractivity contribution in [2.45, 2.75) is 19.1 Å². The molecule has 4 rings (SSSR count). The van der Waals surface area contributed by atoms with Gasteiger partial charge in [0.1, 0.15) is 12.6 Å². The number of fused-ring (bicyclic) bond motifs is 3. The van der Waals surface area contributed by atoms with E-state index >= 15 is 0 Å². The second kappa shape index (κ2) is 5.89. The topological polar surface area (TPSA) is 54.1 Å². The average molecular weight is 306 g/mol. The molecule has 116 valence electrons. The average Bonchev–Trinajstić information content (AvgIpc) is 2.99. The van der Waals surface area contributed by atoms with Crippen molar-refractivity contribution < 1.29 is 9.53 Å². The van der Waals surface area contributed by atoms with Crippen LogP contribution in [0.15, 0.2) is 54.6 Å². The Kier molecular flexibility index (Phi) is 3.60. The second-order valence-corrected chi connectivity index (χ2v) is 5.79. The standard InChI is InChI=1S/C19H18N2O2/c22-19(23-12-13-6-2-1-3-7-13)18-17-15(10-11-20-18)14-8-4-5-9-16(14)21-17/h1-9,18,20-21H,10-12H2. The van der Waals surface area contributed by atoms with Crippen LogP contribution in [0.3, 0.4) is 0 Å². The van der Waals surface area contributed by atoms with E-state index in [0.29, 0.717) is 6.61 Å². The minimum Gasteiger partial charge on any atom is -0.459 e. The second-order valence-electron chi connectivity index (χ2n) is 5.79. The number of para-hydroxylation sites is 1. The molecule has 0 aliphatic carbocycles. The van der Waals surface area contributed by atoms with Crippen LogP contribution >= 0.6 is 0 Å². The van der Waals surface area contributed by atoms with Gasteiger partial charge >= 0.3 is 5.97 Å². The van der Waals surface area contributed by atoms with Gasteiger partial charge in [0.05, 0.1) is 0 Å². The fourth-order valence-electron chi connectivity index (χ4n) is 3.19. The zero-order valence-electron chi connectivity index (χ0n) is 12.7. The van der Waals surface area contributed by atoms with Crippen LogP contribution in [0.2, 0.25) is 0 Å². The normalized spacial score (nSPS) is 17.0. The number of H-pyrrole nitrogens is 1. The number of carbonyl (C=O) groups excluding carboxylic acids is 1. The first-order valence-corrected chi connectivity index (χ1v) is 7.86. The van der Waals surface area contributed by atoms with Crippen molar-refractivity contribution in [2.75, 3.05) is 6.54 Å². The molecule has 1 atom stereocenters. The van der Waals surface area contributed by atoms with E-state index in [0.717, 1.165) is 29.7 Å². The summed E-state index contributed by atoms with van der Waals surface area (Å²) in [6.45, 7) is 1.08. The predicted molar refractivity (Wildman–Crippen MR) is 89.0 cm³/mol. The molecule has 1 aliphatic rings. The number of rotatable bonds is 3. The Morgan fingerprint density at radius 1 is 1.09 bits per heavy atom. The molecule has 0 fully saturated rings. The van der Waals surface area contributed by atoms with Crippen LogP contribution < -0.4 is 5.32 Å². The van der Waals surface area contributed by atoms with Crippen molar-refractivity contribution >= 4 is 16.9 Å². The number of aromatic amines is 1. The van der Waals surface area contributed by atoms with Crippen molar-refractivity contribution in [1.82, 2.24) is 10.3 Å². The third-order valence-corrected chi connectivity index (χ3v) is 4.32. The molecular formula is C19H18N2O2. The first kappa shape index (κ1) is 14.0. The third kappa shape index (κ3) is 2.62. The van der Waals surface area contributed by atoms with Crippen LogP contribution in [0.25, 0.3) is 10.9 Å². The Balaban J connectivity index is 1.57. The van der Waals surface area contributed by atoms with Crippen molar-refractivity contribution in [2.24, 2.45) is 0 Å². The molecule has 4 heteroatoms. The molecule has 3 aromatic rings. The highest BCUT2D eigenvalue weighted by atomic mass is 16.5. The van der Waals surface area contributed by atoms with Crippen LogP contribution in [-0.4, -0.2) is 17.5 Å². The summed E-state index contributed by atoms with van der Waals surface area (Å²) in [5.41, 5.74) is 4.23. The smallest absolute Gasteiger partial charge is 0.329 e. The molecule has 1 aliphatic heterocycles. The highest BCUT2D eigenvalue weighted by Crippen LogP contribution is 2.30. The maximum absolute atomic E-state index is 12.5. The fraction of sp³-hybridized carbons (Fsp3) is 0.211. The van der Waals surface area contributed by atoms with Crippen LogP contribution in [0.5, 0.6) is 0 Å². The van der Waals surface area contributed by atoms with Crippen LogP contribution in [0.4, 0.5) is 0 Å².